The first-order chi connectivity index (χ1) is 9.88. The van der Waals surface area contributed by atoms with Crippen LogP contribution in [0.2, 0.25) is 0 Å². The lowest BCUT2D eigenvalue weighted by Crippen LogP contribution is -2.19. The number of rotatable bonds is 3. The van der Waals surface area contributed by atoms with E-state index in [1.54, 1.807) is 0 Å². The predicted octanol–water partition coefficient (Wildman–Crippen LogP) is 2.12. The number of nitrogens with zero attached hydrogens (tertiary/aromatic N) is 3. The molecule has 0 saturated carbocycles. The van der Waals surface area contributed by atoms with E-state index in [0.717, 1.165) is 49.1 Å². The van der Waals surface area contributed by atoms with Crippen molar-refractivity contribution >= 4 is 11.5 Å². The molecule has 2 heterocycles. The minimum absolute atomic E-state index is 0.729. The summed E-state index contributed by atoms with van der Waals surface area (Å²) in [6.45, 7) is 2.35. The van der Waals surface area contributed by atoms with Crippen molar-refractivity contribution in [1.82, 2.24) is 15.5 Å². The molecular weight excluding hydrogens is 252 g/mol. The largest absolute Gasteiger partial charge is 0.491 e. The Hall–Kier alpha value is -2.14. The standard InChI is InChI=1S/C15H18N4O/c1-16-11-12-7-8-15(18-17-12)19-9-4-10-20-14-6-3-2-5-13(14)19/h2-3,5-8,16H,4,9-11H2,1H3. The van der Waals surface area contributed by atoms with Crippen LogP contribution in [0.1, 0.15) is 12.1 Å². The van der Waals surface area contributed by atoms with Gasteiger partial charge in [0.2, 0.25) is 0 Å². The average Bonchev–Trinajstić information content (AvgIpc) is 2.71. The highest BCUT2D eigenvalue weighted by atomic mass is 16.5. The van der Waals surface area contributed by atoms with Crippen molar-refractivity contribution < 1.29 is 4.74 Å². The Balaban J connectivity index is 1.92. The summed E-state index contributed by atoms with van der Waals surface area (Å²) < 4.78 is 5.76. The monoisotopic (exact) mass is 270 g/mol. The van der Waals surface area contributed by atoms with Crippen molar-refractivity contribution in [3.05, 3.63) is 42.1 Å². The summed E-state index contributed by atoms with van der Waals surface area (Å²) >= 11 is 0. The lowest BCUT2D eigenvalue weighted by Gasteiger charge is -2.22. The fraction of sp³-hybridized carbons (Fsp3) is 0.333. The first-order valence-electron chi connectivity index (χ1n) is 6.85. The molecule has 3 rings (SSSR count). The topological polar surface area (TPSA) is 50.3 Å². The normalized spacial score (nSPS) is 14.3. The Morgan fingerprint density at radius 1 is 1.20 bits per heavy atom. The minimum Gasteiger partial charge on any atom is -0.491 e. The van der Waals surface area contributed by atoms with Crippen LogP contribution in [0.25, 0.3) is 0 Å². The number of fused-ring (bicyclic) bond motifs is 1. The number of para-hydroxylation sites is 2. The molecule has 5 heteroatoms. The van der Waals surface area contributed by atoms with E-state index in [-0.39, 0.29) is 0 Å². The maximum atomic E-state index is 5.76. The number of benzene rings is 1. The van der Waals surface area contributed by atoms with E-state index in [9.17, 15) is 0 Å². The lowest BCUT2D eigenvalue weighted by atomic mass is 10.2. The molecule has 0 bridgehead atoms. The average molecular weight is 270 g/mol. The van der Waals surface area contributed by atoms with E-state index in [2.05, 4.69) is 26.5 Å². The third-order valence-corrected chi connectivity index (χ3v) is 3.28. The van der Waals surface area contributed by atoms with Gasteiger partial charge in [-0.2, -0.15) is 5.10 Å². The molecule has 1 N–H and O–H groups in total. The van der Waals surface area contributed by atoms with Gasteiger partial charge < -0.3 is 15.0 Å². The van der Waals surface area contributed by atoms with Crippen LogP contribution in [0.4, 0.5) is 11.5 Å². The summed E-state index contributed by atoms with van der Waals surface area (Å²) in [5, 5.41) is 11.7. The summed E-state index contributed by atoms with van der Waals surface area (Å²) in [5.74, 6) is 1.77. The van der Waals surface area contributed by atoms with Gasteiger partial charge in [-0.1, -0.05) is 12.1 Å². The number of nitrogens with one attached hydrogen (secondary N) is 1. The van der Waals surface area contributed by atoms with Gasteiger partial charge in [-0.15, -0.1) is 5.10 Å². The van der Waals surface area contributed by atoms with Crippen LogP contribution in [0, 0.1) is 0 Å². The zero-order chi connectivity index (χ0) is 13.8. The van der Waals surface area contributed by atoms with Crippen LogP contribution in [-0.2, 0) is 6.54 Å². The molecule has 1 aromatic carbocycles. The van der Waals surface area contributed by atoms with Crippen LogP contribution in [-0.4, -0.2) is 30.4 Å². The van der Waals surface area contributed by atoms with Gasteiger partial charge in [0.1, 0.15) is 5.75 Å². The summed E-state index contributed by atoms with van der Waals surface area (Å²) in [6.07, 6.45) is 0.967. The van der Waals surface area contributed by atoms with E-state index >= 15 is 0 Å². The zero-order valence-electron chi connectivity index (χ0n) is 11.5. The summed E-state index contributed by atoms with van der Waals surface area (Å²) in [4.78, 5) is 2.17. The molecule has 0 aliphatic carbocycles. The molecule has 0 unspecified atom stereocenters. The second-order valence-corrected chi connectivity index (χ2v) is 4.73. The highest BCUT2D eigenvalue weighted by molar-refractivity contribution is 5.67. The molecule has 104 valence electrons. The van der Waals surface area contributed by atoms with Crippen molar-refractivity contribution in [3.8, 4) is 5.75 Å². The molecule has 0 fully saturated rings. The van der Waals surface area contributed by atoms with Gasteiger partial charge in [-0.3, -0.25) is 0 Å². The Kier molecular flexibility index (Phi) is 3.78. The quantitative estimate of drug-likeness (QED) is 0.925. The number of hydrogen-bond donors (Lipinski definition) is 1. The first-order valence-corrected chi connectivity index (χ1v) is 6.85. The molecule has 1 aliphatic heterocycles. The van der Waals surface area contributed by atoms with Gasteiger partial charge in [0.05, 0.1) is 18.0 Å². The van der Waals surface area contributed by atoms with E-state index in [0.29, 0.717) is 0 Å². The van der Waals surface area contributed by atoms with Crippen molar-refractivity contribution in [2.45, 2.75) is 13.0 Å². The molecule has 0 atom stereocenters. The molecule has 1 aliphatic rings. The van der Waals surface area contributed by atoms with Gasteiger partial charge >= 0.3 is 0 Å². The van der Waals surface area contributed by atoms with Crippen LogP contribution >= 0.6 is 0 Å². The number of anilines is 2. The number of aromatic nitrogens is 2. The molecule has 2 aromatic rings. The second kappa shape index (κ2) is 5.88. The van der Waals surface area contributed by atoms with E-state index in [4.69, 9.17) is 4.74 Å². The molecule has 0 spiro atoms. The minimum atomic E-state index is 0.729. The Morgan fingerprint density at radius 3 is 2.90 bits per heavy atom. The molecule has 0 saturated heterocycles. The maximum absolute atomic E-state index is 5.76. The van der Waals surface area contributed by atoms with E-state index < -0.39 is 0 Å². The van der Waals surface area contributed by atoms with E-state index in [1.807, 2.05) is 37.4 Å². The molecule has 0 amide bonds. The zero-order valence-corrected chi connectivity index (χ0v) is 11.5. The molecule has 0 radical (unpaired) electrons. The van der Waals surface area contributed by atoms with Crippen LogP contribution in [0.3, 0.4) is 0 Å². The van der Waals surface area contributed by atoms with Gasteiger partial charge in [-0.05, 0) is 37.7 Å². The Morgan fingerprint density at radius 2 is 2.10 bits per heavy atom. The van der Waals surface area contributed by atoms with Crippen molar-refractivity contribution in [3.63, 3.8) is 0 Å². The summed E-state index contributed by atoms with van der Waals surface area (Å²) in [5.41, 5.74) is 2.00. The molecule has 1 aromatic heterocycles. The Bertz CT molecular complexity index is 570. The van der Waals surface area contributed by atoms with Gasteiger partial charge in [0.15, 0.2) is 5.82 Å². The van der Waals surface area contributed by atoms with Gasteiger partial charge in [0.25, 0.3) is 0 Å². The lowest BCUT2D eigenvalue weighted by molar-refractivity contribution is 0.322. The van der Waals surface area contributed by atoms with Gasteiger partial charge in [0, 0.05) is 13.1 Å². The number of ether oxygens (including phenoxy) is 1. The van der Waals surface area contributed by atoms with Crippen molar-refractivity contribution in [2.24, 2.45) is 0 Å². The van der Waals surface area contributed by atoms with E-state index in [1.165, 1.54) is 0 Å². The highest BCUT2D eigenvalue weighted by Crippen LogP contribution is 2.34. The Labute approximate surface area is 118 Å². The summed E-state index contributed by atoms with van der Waals surface area (Å²) in [6, 6.07) is 12.1. The third kappa shape index (κ3) is 2.58. The van der Waals surface area contributed by atoms with Crippen LogP contribution in [0.5, 0.6) is 5.75 Å². The molecule has 5 nitrogen and oxygen atoms in total. The SMILES string of the molecule is CNCc1ccc(N2CCCOc3ccccc32)nn1. The maximum Gasteiger partial charge on any atom is 0.155 e. The molecule has 20 heavy (non-hydrogen) atoms. The third-order valence-electron chi connectivity index (χ3n) is 3.28. The van der Waals surface area contributed by atoms with Crippen molar-refractivity contribution in [1.29, 1.82) is 0 Å². The first kappa shape index (κ1) is 12.9. The number of hydrogen-bond acceptors (Lipinski definition) is 5. The fourth-order valence-electron chi connectivity index (χ4n) is 2.34. The van der Waals surface area contributed by atoms with Crippen LogP contribution < -0.4 is 15.0 Å². The van der Waals surface area contributed by atoms with Crippen molar-refractivity contribution in [2.75, 3.05) is 25.1 Å². The predicted molar refractivity (Wildman–Crippen MR) is 78.4 cm³/mol. The summed E-state index contributed by atoms with van der Waals surface area (Å²) in [7, 11) is 1.90. The van der Waals surface area contributed by atoms with Crippen LogP contribution in [0.15, 0.2) is 36.4 Å². The second-order valence-electron chi connectivity index (χ2n) is 4.73. The van der Waals surface area contributed by atoms with Gasteiger partial charge in [-0.25, -0.2) is 0 Å². The smallest absolute Gasteiger partial charge is 0.155 e. The molecular formula is C15H18N4O. The highest BCUT2D eigenvalue weighted by Gasteiger charge is 2.18. The fourth-order valence-corrected chi connectivity index (χ4v) is 2.34.